The predicted octanol–water partition coefficient (Wildman–Crippen LogP) is 4.24. The van der Waals surface area contributed by atoms with E-state index in [2.05, 4.69) is 10.3 Å². The molecule has 4 rings (SSSR count). The van der Waals surface area contributed by atoms with Crippen LogP contribution in [0, 0.1) is 0 Å². The summed E-state index contributed by atoms with van der Waals surface area (Å²) in [4.78, 5) is 31.7. The van der Waals surface area contributed by atoms with E-state index in [4.69, 9.17) is 4.74 Å². The van der Waals surface area contributed by atoms with Gasteiger partial charge in [0.2, 0.25) is 5.91 Å². The fraction of sp³-hybridized carbons (Fsp3) is 0.200. The Morgan fingerprint density at radius 2 is 1.84 bits per heavy atom. The number of nitrogens with zero attached hydrogens (tertiary/aromatic N) is 1. The maximum atomic E-state index is 13.5. The molecule has 7 heteroatoms. The van der Waals surface area contributed by atoms with Crippen LogP contribution in [0.3, 0.4) is 0 Å². The average Bonchev–Trinajstić information content (AvgIpc) is 3.49. The van der Waals surface area contributed by atoms with Crippen molar-refractivity contribution in [3.63, 3.8) is 0 Å². The molecule has 0 unspecified atom stereocenters. The van der Waals surface area contributed by atoms with Crippen LogP contribution in [-0.2, 0) is 17.8 Å². The summed E-state index contributed by atoms with van der Waals surface area (Å²) in [5.74, 6) is 0.318. The second-order valence-electron chi connectivity index (χ2n) is 7.57. The normalized spacial score (nSPS) is 11.8. The zero-order valence-corrected chi connectivity index (χ0v) is 18.8. The number of nitrogens with one attached hydrogen (secondary N) is 2. The van der Waals surface area contributed by atoms with Gasteiger partial charge in [-0.1, -0.05) is 42.5 Å². The van der Waals surface area contributed by atoms with Crippen LogP contribution < -0.4 is 10.1 Å². The van der Waals surface area contributed by atoms with Gasteiger partial charge in [-0.2, -0.15) is 0 Å². The van der Waals surface area contributed by atoms with Gasteiger partial charge < -0.3 is 19.9 Å². The molecule has 164 valence electrons. The third kappa shape index (κ3) is 4.68. The number of hydrogen-bond acceptors (Lipinski definition) is 4. The van der Waals surface area contributed by atoms with Crippen LogP contribution in [0.5, 0.6) is 5.75 Å². The number of rotatable bonds is 8. The number of aromatic nitrogens is 1. The summed E-state index contributed by atoms with van der Waals surface area (Å²) in [5, 5.41) is 5.84. The Bertz CT molecular complexity index is 1220. The largest absolute Gasteiger partial charge is 0.496 e. The van der Waals surface area contributed by atoms with E-state index in [0.29, 0.717) is 17.8 Å². The van der Waals surface area contributed by atoms with Crippen molar-refractivity contribution >= 4 is 34.1 Å². The lowest BCUT2D eigenvalue weighted by molar-refractivity contribution is -0.132. The van der Waals surface area contributed by atoms with Crippen LogP contribution >= 0.6 is 11.3 Å². The van der Waals surface area contributed by atoms with Gasteiger partial charge in [0.25, 0.3) is 5.91 Å². The van der Waals surface area contributed by atoms with Gasteiger partial charge in [-0.3, -0.25) is 9.59 Å². The maximum absolute atomic E-state index is 13.5. The molecule has 2 amide bonds. The highest BCUT2D eigenvalue weighted by molar-refractivity contribution is 7.12. The first-order chi connectivity index (χ1) is 15.6. The van der Waals surface area contributed by atoms with E-state index in [1.165, 1.54) is 11.3 Å². The highest BCUT2D eigenvalue weighted by Crippen LogP contribution is 2.22. The molecule has 0 saturated heterocycles. The van der Waals surface area contributed by atoms with E-state index in [1.54, 1.807) is 25.1 Å². The Morgan fingerprint density at radius 3 is 2.62 bits per heavy atom. The van der Waals surface area contributed by atoms with E-state index in [-0.39, 0.29) is 11.8 Å². The maximum Gasteiger partial charge on any atom is 0.262 e. The molecule has 1 atom stereocenters. The Hall–Kier alpha value is -3.58. The fourth-order valence-corrected chi connectivity index (χ4v) is 4.42. The third-order valence-electron chi connectivity index (χ3n) is 5.42. The first-order valence-corrected chi connectivity index (χ1v) is 11.2. The highest BCUT2D eigenvalue weighted by Gasteiger charge is 2.26. The molecule has 0 aliphatic rings. The highest BCUT2D eigenvalue weighted by atomic mass is 32.1. The fourth-order valence-electron chi connectivity index (χ4n) is 3.79. The minimum absolute atomic E-state index is 0.161. The topological polar surface area (TPSA) is 74.4 Å². The number of ether oxygens (including phenoxy) is 1. The van der Waals surface area contributed by atoms with E-state index >= 15 is 0 Å². The number of fused-ring (bicyclic) bond motifs is 1. The van der Waals surface area contributed by atoms with Crippen LogP contribution in [0.2, 0.25) is 0 Å². The van der Waals surface area contributed by atoms with Gasteiger partial charge >= 0.3 is 0 Å². The van der Waals surface area contributed by atoms with Crippen molar-refractivity contribution < 1.29 is 14.3 Å². The molecule has 6 nitrogen and oxygen atoms in total. The van der Waals surface area contributed by atoms with Gasteiger partial charge in [-0.05, 0) is 29.1 Å². The number of hydrogen-bond donors (Lipinski definition) is 2. The van der Waals surface area contributed by atoms with Crippen LogP contribution in [-0.4, -0.2) is 41.9 Å². The number of para-hydroxylation sites is 2. The zero-order chi connectivity index (χ0) is 22.5. The van der Waals surface area contributed by atoms with Crippen molar-refractivity contribution in [2.24, 2.45) is 0 Å². The third-order valence-corrected chi connectivity index (χ3v) is 6.29. The Kier molecular flexibility index (Phi) is 6.56. The Labute approximate surface area is 190 Å². The Morgan fingerprint density at radius 1 is 1.06 bits per heavy atom. The zero-order valence-electron chi connectivity index (χ0n) is 18.0. The number of likely N-dealkylation sites (N-methyl/N-ethyl adjacent to an activating group) is 1. The van der Waals surface area contributed by atoms with Crippen molar-refractivity contribution in [2.45, 2.75) is 19.0 Å². The first-order valence-electron chi connectivity index (χ1n) is 10.3. The Balaban J connectivity index is 1.58. The first kappa shape index (κ1) is 21.6. The standard InChI is InChI=1S/C25H25N3O3S/c1-28(16-17-8-3-6-11-22(17)31-2)25(30)21(27-24(29)23-12-7-13-32-23)14-18-15-26-20-10-5-4-9-19(18)20/h3-13,15,21,26H,14,16H2,1-2H3,(H,27,29)/t21-/m0/s1. The molecular weight excluding hydrogens is 422 g/mol. The van der Waals surface area contributed by atoms with E-state index < -0.39 is 6.04 Å². The lowest BCUT2D eigenvalue weighted by Crippen LogP contribution is -2.48. The van der Waals surface area contributed by atoms with Crippen molar-refractivity contribution in [3.8, 4) is 5.75 Å². The number of benzene rings is 2. The summed E-state index contributed by atoms with van der Waals surface area (Å²) in [7, 11) is 3.36. The smallest absolute Gasteiger partial charge is 0.262 e. The number of methoxy groups -OCH3 is 1. The lowest BCUT2D eigenvalue weighted by atomic mass is 10.0. The minimum Gasteiger partial charge on any atom is -0.496 e. The van der Waals surface area contributed by atoms with E-state index in [1.807, 2.05) is 66.2 Å². The molecule has 0 fully saturated rings. The summed E-state index contributed by atoms with van der Waals surface area (Å²) in [6.07, 6.45) is 2.29. The van der Waals surface area contributed by atoms with Gasteiger partial charge in [0.15, 0.2) is 0 Å². The molecule has 2 heterocycles. The van der Waals surface area contributed by atoms with Gasteiger partial charge in [0.05, 0.1) is 12.0 Å². The van der Waals surface area contributed by atoms with Gasteiger partial charge in [0.1, 0.15) is 11.8 Å². The summed E-state index contributed by atoms with van der Waals surface area (Å²) in [6, 6.07) is 18.4. The molecule has 0 bridgehead atoms. The van der Waals surface area contributed by atoms with E-state index in [9.17, 15) is 9.59 Å². The second kappa shape index (κ2) is 9.70. The molecule has 2 aromatic heterocycles. The van der Waals surface area contributed by atoms with Crippen LogP contribution in [0.25, 0.3) is 10.9 Å². The van der Waals surface area contributed by atoms with Crippen molar-refractivity contribution in [1.29, 1.82) is 0 Å². The molecule has 32 heavy (non-hydrogen) atoms. The SMILES string of the molecule is COc1ccccc1CN(C)C(=O)[C@H](Cc1c[nH]c2ccccc12)NC(=O)c1cccs1. The average molecular weight is 448 g/mol. The summed E-state index contributed by atoms with van der Waals surface area (Å²) >= 11 is 1.35. The molecule has 4 aromatic rings. The van der Waals surface area contributed by atoms with Crippen molar-refractivity contribution in [3.05, 3.63) is 88.2 Å². The molecule has 0 aliphatic heterocycles. The quantitative estimate of drug-likeness (QED) is 0.424. The van der Waals surface area contributed by atoms with Gasteiger partial charge in [-0.15, -0.1) is 11.3 Å². The molecule has 0 aliphatic carbocycles. The number of H-pyrrole nitrogens is 1. The summed E-state index contributed by atoms with van der Waals surface area (Å²) < 4.78 is 5.42. The number of amides is 2. The molecule has 0 saturated carbocycles. The molecule has 0 radical (unpaired) electrons. The monoisotopic (exact) mass is 447 g/mol. The van der Waals surface area contributed by atoms with Gasteiger partial charge in [0, 0.05) is 42.7 Å². The number of aromatic amines is 1. The number of carbonyl (C=O) groups is 2. The van der Waals surface area contributed by atoms with E-state index in [0.717, 1.165) is 27.8 Å². The van der Waals surface area contributed by atoms with Crippen LogP contribution in [0.15, 0.2) is 72.2 Å². The summed E-state index contributed by atoms with van der Waals surface area (Å²) in [5.41, 5.74) is 2.89. The molecule has 2 N–H and O–H groups in total. The second-order valence-corrected chi connectivity index (χ2v) is 8.52. The molecular formula is C25H25N3O3S. The van der Waals surface area contributed by atoms with Crippen LogP contribution in [0.1, 0.15) is 20.8 Å². The minimum atomic E-state index is -0.705. The van der Waals surface area contributed by atoms with Crippen molar-refractivity contribution in [2.75, 3.05) is 14.2 Å². The number of thiophene rings is 1. The molecule has 0 spiro atoms. The van der Waals surface area contributed by atoms with Crippen LogP contribution in [0.4, 0.5) is 0 Å². The van der Waals surface area contributed by atoms with Gasteiger partial charge in [-0.25, -0.2) is 0 Å². The van der Waals surface area contributed by atoms with Crippen molar-refractivity contribution in [1.82, 2.24) is 15.2 Å². The lowest BCUT2D eigenvalue weighted by Gasteiger charge is -2.25. The predicted molar refractivity (Wildman–Crippen MR) is 127 cm³/mol. The summed E-state index contributed by atoms with van der Waals surface area (Å²) in [6.45, 7) is 0.377. The molecule has 2 aromatic carbocycles. The number of carbonyl (C=O) groups excluding carboxylic acids is 2.